The predicted molar refractivity (Wildman–Crippen MR) is 80.4 cm³/mol. The molecule has 1 amide bonds. The summed E-state index contributed by atoms with van der Waals surface area (Å²) in [5.74, 6) is 5.77. The highest BCUT2D eigenvalue weighted by Gasteiger charge is 2.16. The van der Waals surface area contributed by atoms with E-state index in [2.05, 4.69) is 16.7 Å². The Morgan fingerprint density at radius 2 is 2.11 bits per heavy atom. The van der Waals surface area contributed by atoms with E-state index < -0.39 is 0 Å². The third-order valence-corrected chi connectivity index (χ3v) is 3.53. The topological polar surface area (TPSA) is 49.6 Å². The highest BCUT2D eigenvalue weighted by Crippen LogP contribution is 2.17. The summed E-state index contributed by atoms with van der Waals surface area (Å²) < 4.78 is 0. The first kappa shape index (κ1) is 15.7. The van der Waals surface area contributed by atoms with Gasteiger partial charge in [0.15, 0.2) is 0 Å². The molecule has 0 spiro atoms. The molecule has 0 unspecified atom stereocenters. The number of carbonyl (C=O) groups excluding carboxylic acids is 1. The molecule has 0 aliphatic rings. The third-order valence-electron chi connectivity index (χ3n) is 2.63. The minimum atomic E-state index is 0.0371. The van der Waals surface area contributed by atoms with Crippen LogP contribution in [0.25, 0.3) is 0 Å². The van der Waals surface area contributed by atoms with Crippen molar-refractivity contribution in [3.8, 4) is 11.8 Å². The van der Waals surface area contributed by atoms with Crippen LogP contribution in [-0.2, 0) is 0 Å². The van der Waals surface area contributed by atoms with Gasteiger partial charge in [-0.2, -0.15) is 0 Å². The Labute approximate surface area is 119 Å². The lowest BCUT2D eigenvalue weighted by Crippen LogP contribution is -2.29. The van der Waals surface area contributed by atoms with Gasteiger partial charge < -0.3 is 15.5 Å². The second kappa shape index (κ2) is 7.95. The molecule has 5 heteroatoms. The lowest BCUT2D eigenvalue weighted by molar-refractivity contribution is 0.0795. The summed E-state index contributed by atoms with van der Waals surface area (Å²) >= 11 is 1.43. The van der Waals surface area contributed by atoms with Gasteiger partial charge in [0.25, 0.3) is 5.91 Å². The lowest BCUT2D eigenvalue weighted by Gasteiger charge is -2.18. The molecule has 0 bridgehead atoms. The molecule has 0 saturated carbocycles. The average Bonchev–Trinajstić information content (AvgIpc) is 2.82. The van der Waals surface area contributed by atoms with Gasteiger partial charge in [-0.1, -0.05) is 11.8 Å². The minimum Gasteiger partial charge on any atom is -0.341 e. The van der Waals surface area contributed by atoms with E-state index in [0.717, 1.165) is 25.1 Å². The van der Waals surface area contributed by atoms with Gasteiger partial charge >= 0.3 is 0 Å². The van der Waals surface area contributed by atoms with Crippen LogP contribution in [-0.4, -0.2) is 56.5 Å². The Balaban J connectivity index is 2.64. The highest BCUT2D eigenvalue weighted by molar-refractivity contribution is 7.12. The zero-order valence-corrected chi connectivity index (χ0v) is 12.6. The molecule has 0 saturated heterocycles. The standard InChI is InChI=1S/C14H21N3OS/c1-16(2)9-5-10-17(3)14(18)13-12(6-4-8-15)7-11-19-13/h7,11H,5,8-10,15H2,1-3H3. The van der Waals surface area contributed by atoms with Crippen LogP contribution in [0.2, 0.25) is 0 Å². The number of hydrogen-bond donors (Lipinski definition) is 1. The van der Waals surface area contributed by atoms with E-state index in [1.165, 1.54) is 11.3 Å². The molecule has 1 aromatic rings. The van der Waals surface area contributed by atoms with Crippen LogP contribution in [0.3, 0.4) is 0 Å². The van der Waals surface area contributed by atoms with Crippen molar-refractivity contribution in [1.29, 1.82) is 0 Å². The minimum absolute atomic E-state index is 0.0371. The number of amides is 1. The van der Waals surface area contributed by atoms with E-state index in [4.69, 9.17) is 5.73 Å². The van der Waals surface area contributed by atoms with Crippen molar-refractivity contribution in [1.82, 2.24) is 9.80 Å². The van der Waals surface area contributed by atoms with Gasteiger partial charge in [0.1, 0.15) is 4.88 Å². The first-order valence-electron chi connectivity index (χ1n) is 6.23. The molecule has 19 heavy (non-hydrogen) atoms. The predicted octanol–water partition coefficient (Wildman–Crippen LogP) is 1.08. The van der Waals surface area contributed by atoms with Gasteiger partial charge in [0.05, 0.1) is 6.54 Å². The van der Waals surface area contributed by atoms with Gasteiger partial charge in [-0.3, -0.25) is 4.79 Å². The van der Waals surface area contributed by atoms with Crippen LogP contribution in [0.5, 0.6) is 0 Å². The maximum absolute atomic E-state index is 12.3. The van der Waals surface area contributed by atoms with Crippen molar-refractivity contribution in [3.63, 3.8) is 0 Å². The molecule has 104 valence electrons. The SMILES string of the molecule is CN(C)CCCN(C)C(=O)c1sccc1C#CCN. The van der Waals surface area contributed by atoms with Crippen LogP contribution < -0.4 is 5.73 Å². The summed E-state index contributed by atoms with van der Waals surface area (Å²) in [6.07, 6.45) is 0.963. The second-order valence-corrected chi connectivity index (χ2v) is 5.47. The first-order chi connectivity index (χ1) is 9.06. The molecule has 1 aromatic heterocycles. The molecule has 0 radical (unpaired) electrons. The number of thiophene rings is 1. The van der Waals surface area contributed by atoms with Crippen LogP contribution in [0.4, 0.5) is 0 Å². The normalized spacial score (nSPS) is 10.2. The Hall–Kier alpha value is -1.35. The van der Waals surface area contributed by atoms with Crippen LogP contribution in [0.15, 0.2) is 11.4 Å². The molecular weight excluding hydrogens is 258 g/mol. The van der Waals surface area contributed by atoms with E-state index >= 15 is 0 Å². The van der Waals surface area contributed by atoms with Crippen molar-refractivity contribution in [3.05, 3.63) is 21.9 Å². The van der Waals surface area contributed by atoms with Gasteiger partial charge in [-0.15, -0.1) is 11.3 Å². The van der Waals surface area contributed by atoms with Crippen molar-refractivity contribution in [2.75, 3.05) is 40.8 Å². The fourth-order valence-corrected chi connectivity index (χ4v) is 2.46. The Bertz CT molecular complexity index is 471. The largest absolute Gasteiger partial charge is 0.341 e. The van der Waals surface area contributed by atoms with E-state index in [1.807, 2.05) is 32.6 Å². The number of nitrogens with two attached hydrogens (primary N) is 1. The molecule has 1 rings (SSSR count). The molecule has 0 fully saturated rings. The Morgan fingerprint density at radius 3 is 2.74 bits per heavy atom. The first-order valence-corrected chi connectivity index (χ1v) is 7.11. The summed E-state index contributed by atoms with van der Waals surface area (Å²) in [4.78, 5) is 16.9. The fraction of sp³-hybridized carbons (Fsp3) is 0.500. The number of rotatable bonds is 5. The Morgan fingerprint density at radius 1 is 1.37 bits per heavy atom. The van der Waals surface area contributed by atoms with Gasteiger partial charge in [0, 0.05) is 19.2 Å². The monoisotopic (exact) mass is 279 g/mol. The Kier molecular flexibility index (Phi) is 6.57. The zero-order valence-electron chi connectivity index (χ0n) is 11.8. The lowest BCUT2D eigenvalue weighted by atomic mass is 10.2. The summed E-state index contributed by atoms with van der Waals surface area (Å²) in [5.41, 5.74) is 6.13. The van der Waals surface area contributed by atoms with Crippen molar-refractivity contribution in [2.24, 2.45) is 5.73 Å². The molecule has 0 aliphatic heterocycles. The summed E-state index contributed by atoms with van der Waals surface area (Å²) in [5, 5.41) is 1.89. The van der Waals surface area contributed by atoms with Gasteiger partial charge in [-0.05, 0) is 38.5 Å². The van der Waals surface area contributed by atoms with Gasteiger partial charge in [-0.25, -0.2) is 0 Å². The molecule has 4 nitrogen and oxygen atoms in total. The number of hydrogen-bond acceptors (Lipinski definition) is 4. The van der Waals surface area contributed by atoms with E-state index in [1.54, 1.807) is 4.90 Å². The molecular formula is C14H21N3OS. The number of nitrogens with zero attached hydrogens (tertiary/aromatic N) is 2. The van der Waals surface area contributed by atoms with Crippen molar-refractivity contribution in [2.45, 2.75) is 6.42 Å². The smallest absolute Gasteiger partial charge is 0.264 e. The summed E-state index contributed by atoms with van der Waals surface area (Å²) in [7, 11) is 5.89. The second-order valence-electron chi connectivity index (χ2n) is 4.55. The van der Waals surface area contributed by atoms with Crippen molar-refractivity contribution < 1.29 is 4.79 Å². The van der Waals surface area contributed by atoms with E-state index in [9.17, 15) is 4.79 Å². The van der Waals surface area contributed by atoms with Crippen LogP contribution in [0.1, 0.15) is 21.7 Å². The van der Waals surface area contributed by atoms with Crippen LogP contribution in [0, 0.1) is 11.8 Å². The highest BCUT2D eigenvalue weighted by atomic mass is 32.1. The molecule has 0 aromatic carbocycles. The molecule has 2 N–H and O–H groups in total. The zero-order chi connectivity index (χ0) is 14.3. The number of carbonyl (C=O) groups is 1. The van der Waals surface area contributed by atoms with E-state index in [-0.39, 0.29) is 5.91 Å². The molecule has 0 aliphatic carbocycles. The quantitative estimate of drug-likeness (QED) is 0.821. The van der Waals surface area contributed by atoms with Crippen molar-refractivity contribution >= 4 is 17.2 Å². The van der Waals surface area contributed by atoms with Crippen LogP contribution >= 0.6 is 11.3 Å². The maximum Gasteiger partial charge on any atom is 0.264 e. The summed E-state index contributed by atoms with van der Waals surface area (Å²) in [6, 6.07) is 1.87. The maximum atomic E-state index is 12.3. The average molecular weight is 279 g/mol. The van der Waals surface area contributed by atoms with Gasteiger partial charge in [0.2, 0.25) is 0 Å². The summed E-state index contributed by atoms with van der Waals surface area (Å²) in [6.45, 7) is 2.03. The third kappa shape index (κ3) is 5.03. The fourth-order valence-electron chi connectivity index (χ4n) is 1.62. The molecule has 0 atom stereocenters. The molecule has 1 heterocycles. The van der Waals surface area contributed by atoms with E-state index in [0.29, 0.717) is 11.4 Å².